The summed E-state index contributed by atoms with van der Waals surface area (Å²) in [6, 6.07) is 0. The van der Waals surface area contributed by atoms with Crippen LogP contribution in [0.15, 0.2) is 0 Å². The van der Waals surface area contributed by atoms with E-state index >= 15 is 0 Å². The molecule has 1 fully saturated rings. The number of carbonyl (C=O) groups excluding carboxylic acids is 2. The van der Waals surface area contributed by atoms with Crippen molar-refractivity contribution in [3.05, 3.63) is 0 Å². The van der Waals surface area contributed by atoms with Crippen LogP contribution in [0.5, 0.6) is 0 Å². The first-order chi connectivity index (χ1) is 9.58. The van der Waals surface area contributed by atoms with E-state index in [1.807, 2.05) is 6.92 Å². The fraction of sp³-hybridized carbons (Fsp3) is 0.857. The molecule has 1 heterocycles. The molecule has 6 heteroatoms. The Bertz CT molecular complexity index is 322. The van der Waals surface area contributed by atoms with Gasteiger partial charge in [0.1, 0.15) is 0 Å². The Balaban J connectivity index is 2.22. The van der Waals surface area contributed by atoms with Crippen molar-refractivity contribution in [3.63, 3.8) is 0 Å². The second-order valence-electron chi connectivity index (χ2n) is 5.45. The van der Waals surface area contributed by atoms with Crippen LogP contribution in [-0.2, 0) is 14.3 Å². The molecule has 2 atom stereocenters. The predicted octanol–water partition coefficient (Wildman–Crippen LogP) is 0.00610. The van der Waals surface area contributed by atoms with Gasteiger partial charge in [0, 0.05) is 39.8 Å². The highest BCUT2D eigenvalue weighted by atomic mass is 16.5. The van der Waals surface area contributed by atoms with Gasteiger partial charge in [-0.2, -0.15) is 0 Å². The van der Waals surface area contributed by atoms with Crippen LogP contribution >= 0.6 is 0 Å². The number of hydrogen-bond donors (Lipinski definition) is 2. The number of nitrogens with one attached hydrogen (secondary N) is 1. The first kappa shape index (κ1) is 16.9. The Morgan fingerprint density at radius 3 is 3.00 bits per heavy atom. The lowest BCUT2D eigenvalue weighted by Crippen LogP contribution is -2.34. The summed E-state index contributed by atoms with van der Waals surface area (Å²) in [6.07, 6.45) is 2.03. The summed E-state index contributed by atoms with van der Waals surface area (Å²) in [5.74, 6) is 0.00476. The van der Waals surface area contributed by atoms with Crippen molar-refractivity contribution in [1.29, 1.82) is 0 Å². The highest BCUT2D eigenvalue weighted by molar-refractivity contribution is 5.89. The van der Waals surface area contributed by atoms with E-state index in [9.17, 15) is 9.59 Å². The van der Waals surface area contributed by atoms with Gasteiger partial charge < -0.3 is 20.1 Å². The van der Waals surface area contributed by atoms with Crippen molar-refractivity contribution in [1.82, 2.24) is 10.2 Å². The highest BCUT2D eigenvalue weighted by Gasteiger charge is 2.33. The molecule has 6 nitrogen and oxygen atoms in total. The van der Waals surface area contributed by atoms with Crippen LogP contribution in [-0.4, -0.2) is 61.8 Å². The van der Waals surface area contributed by atoms with E-state index in [0.29, 0.717) is 32.7 Å². The Hall–Kier alpha value is -1.14. The standard InChI is InChI=1S/C14H26N2O4/c1-11(10-17)4-3-5-15-14(19)12-8-13(18)16(9-12)6-7-20-2/h11-12,17H,3-10H2,1-2H3,(H,15,19). The van der Waals surface area contributed by atoms with Crippen molar-refractivity contribution >= 4 is 11.8 Å². The fourth-order valence-electron chi connectivity index (χ4n) is 2.26. The van der Waals surface area contributed by atoms with Crippen LogP contribution in [0.4, 0.5) is 0 Å². The summed E-state index contributed by atoms with van der Waals surface area (Å²) in [6.45, 7) is 4.30. The summed E-state index contributed by atoms with van der Waals surface area (Å²) in [5, 5.41) is 11.8. The molecule has 0 bridgehead atoms. The predicted molar refractivity (Wildman–Crippen MR) is 75.1 cm³/mol. The Morgan fingerprint density at radius 2 is 2.35 bits per heavy atom. The van der Waals surface area contributed by atoms with Crippen molar-refractivity contribution < 1.29 is 19.4 Å². The van der Waals surface area contributed by atoms with E-state index in [0.717, 1.165) is 12.8 Å². The number of aliphatic hydroxyl groups excluding tert-OH is 1. The van der Waals surface area contributed by atoms with Crippen molar-refractivity contribution in [2.45, 2.75) is 26.2 Å². The number of likely N-dealkylation sites (tertiary alicyclic amines) is 1. The maximum Gasteiger partial charge on any atom is 0.225 e. The van der Waals surface area contributed by atoms with Crippen LogP contribution in [0.25, 0.3) is 0 Å². The summed E-state index contributed by atoms with van der Waals surface area (Å²) in [4.78, 5) is 25.4. The number of aliphatic hydroxyl groups is 1. The van der Waals surface area contributed by atoms with Gasteiger partial charge in [0.05, 0.1) is 12.5 Å². The van der Waals surface area contributed by atoms with Gasteiger partial charge in [-0.15, -0.1) is 0 Å². The average Bonchev–Trinajstić information content (AvgIpc) is 2.82. The van der Waals surface area contributed by atoms with Gasteiger partial charge in [-0.3, -0.25) is 9.59 Å². The van der Waals surface area contributed by atoms with E-state index in [-0.39, 0.29) is 30.3 Å². The molecule has 1 saturated heterocycles. The van der Waals surface area contributed by atoms with Gasteiger partial charge in [0.2, 0.25) is 11.8 Å². The minimum absolute atomic E-state index is 0.0242. The molecule has 2 N–H and O–H groups in total. The van der Waals surface area contributed by atoms with Crippen LogP contribution in [0.3, 0.4) is 0 Å². The molecule has 1 rings (SSSR count). The minimum Gasteiger partial charge on any atom is -0.396 e. The summed E-state index contributed by atoms with van der Waals surface area (Å²) < 4.78 is 4.95. The van der Waals surface area contributed by atoms with Crippen molar-refractivity contribution in [3.8, 4) is 0 Å². The summed E-state index contributed by atoms with van der Waals surface area (Å²) >= 11 is 0. The fourth-order valence-corrected chi connectivity index (χ4v) is 2.26. The number of methoxy groups -OCH3 is 1. The second kappa shape index (κ2) is 8.92. The van der Waals surface area contributed by atoms with Gasteiger partial charge in [0.25, 0.3) is 0 Å². The number of carbonyl (C=O) groups is 2. The van der Waals surface area contributed by atoms with E-state index in [1.54, 1.807) is 12.0 Å². The molecule has 0 aliphatic carbocycles. The maximum atomic E-state index is 12.0. The minimum atomic E-state index is -0.241. The molecular formula is C14H26N2O4. The zero-order valence-corrected chi connectivity index (χ0v) is 12.4. The first-order valence-electron chi connectivity index (χ1n) is 7.23. The average molecular weight is 286 g/mol. The summed E-state index contributed by atoms with van der Waals surface area (Å²) in [5.41, 5.74) is 0. The van der Waals surface area contributed by atoms with Gasteiger partial charge in [-0.25, -0.2) is 0 Å². The number of rotatable bonds is 9. The third kappa shape index (κ3) is 5.46. The monoisotopic (exact) mass is 286 g/mol. The van der Waals surface area contributed by atoms with Crippen molar-refractivity contribution in [2.24, 2.45) is 11.8 Å². The Labute approximate surface area is 120 Å². The van der Waals surface area contributed by atoms with Gasteiger partial charge in [0.15, 0.2) is 0 Å². The van der Waals surface area contributed by atoms with Crippen molar-refractivity contribution in [2.75, 3.05) is 40.0 Å². The van der Waals surface area contributed by atoms with E-state index < -0.39 is 0 Å². The molecule has 0 saturated carbocycles. The third-order valence-corrected chi connectivity index (χ3v) is 3.64. The second-order valence-corrected chi connectivity index (χ2v) is 5.45. The van der Waals surface area contributed by atoms with E-state index in [1.165, 1.54) is 0 Å². The highest BCUT2D eigenvalue weighted by Crippen LogP contribution is 2.17. The van der Waals surface area contributed by atoms with Gasteiger partial charge in [-0.05, 0) is 18.8 Å². The van der Waals surface area contributed by atoms with Crippen LogP contribution in [0, 0.1) is 11.8 Å². The SMILES string of the molecule is COCCN1CC(C(=O)NCCCC(C)CO)CC1=O. The van der Waals surface area contributed by atoms with Gasteiger partial charge >= 0.3 is 0 Å². The molecule has 116 valence electrons. The molecule has 20 heavy (non-hydrogen) atoms. The smallest absolute Gasteiger partial charge is 0.225 e. The topological polar surface area (TPSA) is 78.9 Å². The number of hydrogen-bond acceptors (Lipinski definition) is 4. The van der Waals surface area contributed by atoms with Crippen LogP contribution in [0.1, 0.15) is 26.2 Å². The molecule has 0 aromatic rings. The molecule has 0 aromatic carbocycles. The molecule has 0 spiro atoms. The maximum absolute atomic E-state index is 12.0. The number of amides is 2. The van der Waals surface area contributed by atoms with E-state index in [2.05, 4.69) is 5.32 Å². The molecule has 2 unspecified atom stereocenters. The number of nitrogens with zero attached hydrogens (tertiary/aromatic N) is 1. The summed E-state index contributed by atoms with van der Waals surface area (Å²) in [7, 11) is 1.60. The quantitative estimate of drug-likeness (QED) is 0.585. The lowest BCUT2D eigenvalue weighted by molar-refractivity contribution is -0.129. The molecule has 1 aliphatic heterocycles. The Morgan fingerprint density at radius 1 is 1.60 bits per heavy atom. The first-order valence-corrected chi connectivity index (χ1v) is 7.23. The molecule has 0 aromatic heterocycles. The molecule has 2 amide bonds. The zero-order valence-electron chi connectivity index (χ0n) is 12.4. The third-order valence-electron chi connectivity index (χ3n) is 3.64. The number of ether oxygens (including phenoxy) is 1. The molecular weight excluding hydrogens is 260 g/mol. The lowest BCUT2D eigenvalue weighted by Gasteiger charge is -2.16. The van der Waals surface area contributed by atoms with Crippen LogP contribution < -0.4 is 5.32 Å². The molecule has 0 radical (unpaired) electrons. The van der Waals surface area contributed by atoms with Gasteiger partial charge in [-0.1, -0.05) is 6.92 Å². The normalized spacial score (nSPS) is 20.2. The van der Waals surface area contributed by atoms with Crippen LogP contribution in [0.2, 0.25) is 0 Å². The molecule has 1 aliphatic rings. The lowest BCUT2D eigenvalue weighted by atomic mass is 10.1. The zero-order chi connectivity index (χ0) is 15.0. The largest absolute Gasteiger partial charge is 0.396 e. The van der Waals surface area contributed by atoms with E-state index in [4.69, 9.17) is 9.84 Å². The Kier molecular flexibility index (Phi) is 7.54.